The number of aryl methyl sites for hydroxylation is 1. The van der Waals surface area contributed by atoms with Crippen molar-refractivity contribution in [2.24, 2.45) is 5.41 Å². The van der Waals surface area contributed by atoms with Crippen molar-refractivity contribution >= 4 is 11.6 Å². The molecule has 0 saturated heterocycles. The molecule has 110 valence electrons. The van der Waals surface area contributed by atoms with E-state index in [9.17, 15) is 4.79 Å². The third-order valence-corrected chi connectivity index (χ3v) is 4.52. The van der Waals surface area contributed by atoms with Crippen LogP contribution >= 0.6 is 0 Å². The lowest BCUT2D eigenvalue weighted by atomic mass is 9.73. The van der Waals surface area contributed by atoms with Crippen LogP contribution in [0.4, 0.5) is 5.69 Å². The molecule has 2 rings (SSSR count). The molecule has 0 bridgehead atoms. The Morgan fingerprint density at radius 3 is 2.80 bits per heavy atom. The lowest BCUT2D eigenvalue weighted by Gasteiger charge is -2.39. The largest absolute Gasteiger partial charge is 0.399 e. The topological polar surface area (TPSA) is 55.1 Å². The van der Waals surface area contributed by atoms with E-state index in [4.69, 9.17) is 5.73 Å². The van der Waals surface area contributed by atoms with E-state index >= 15 is 0 Å². The van der Waals surface area contributed by atoms with Crippen molar-refractivity contribution in [2.45, 2.75) is 58.4 Å². The Morgan fingerprint density at radius 1 is 1.35 bits per heavy atom. The van der Waals surface area contributed by atoms with E-state index in [1.54, 1.807) is 0 Å². The van der Waals surface area contributed by atoms with Crippen LogP contribution in [0.3, 0.4) is 0 Å². The summed E-state index contributed by atoms with van der Waals surface area (Å²) in [6, 6.07) is 8.08. The van der Waals surface area contributed by atoms with Gasteiger partial charge in [-0.3, -0.25) is 4.79 Å². The van der Waals surface area contributed by atoms with Crippen LogP contribution in [0.2, 0.25) is 0 Å². The zero-order chi connectivity index (χ0) is 14.6. The third kappa shape index (κ3) is 3.75. The van der Waals surface area contributed by atoms with Crippen molar-refractivity contribution < 1.29 is 4.79 Å². The summed E-state index contributed by atoms with van der Waals surface area (Å²) in [5.41, 5.74) is 7.96. The fraction of sp³-hybridized carbons (Fsp3) is 0.588. The van der Waals surface area contributed by atoms with Crippen LogP contribution in [-0.2, 0) is 11.2 Å². The number of rotatable bonds is 4. The molecule has 3 N–H and O–H groups in total. The lowest BCUT2D eigenvalue weighted by molar-refractivity contribution is -0.123. The van der Waals surface area contributed by atoms with Gasteiger partial charge in [-0.2, -0.15) is 0 Å². The molecule has 3 nitrogen and oxygen atoms in total. The van der Waals surface area contributed by atoms with Gasteiger partial charge in [-0.15, -0.1) is 0 Å². The molecule has 20 heavy (non-hydrogen) atoms. The molecule has 1 fully saturated rings. The van der Waals surface area contributed by atoms with Gasteiger partial charge in [-0.1, -0.05) is 44.9 Å². The first-order chi connectivity index (χ1) is 9.49. The van der Waals surface area contributed by atoms with Crippen molar-refractivity contribution in [2.75, 3.05) is 5.73 Å². The molecule has 1 aliphatic carbocycles. The van der Waals surface area contributed by atoms with Gasteiger partial charge in [0.1, 0.15) is 0 Å². The van der Waals surface area contributed by atoms with E-state index in [0.717, 1.165) is 17.7 Å². The van der Waals surface area contributed by atoms with Crippen LogP contribution in [0.25, 0.3) is 0 Å². The smallest absolute Gasteiger partial charge is 0.220 e. The molecule has 0 aliphatic heterocycles. The molecular weight excluding hydrogens is 248 g/mol. The van der Waals surface area contributed by atoms with E-state index in [2.05, 4.69) is 19.2 Å². The number of para-hydroxylation sites is 1. The molecule has 1 atom stereocenters. The minimum absolute atomic E-state index is 0.147. The maximum Gasteiger partial charge on any atom is 0.220 e. The first kappa shape index (κ1) is 14.9. The Balaban J connectivity index is 1.85. The summed E-state index contributed by atoms with van der Waals surface area (Å²) in [4.78, 5) is 12.1. The van der Waals surface area contributed by atoms with Gasteiger partial charge in [0.05, 0.1) is 0 Å². The number of hydrogen-bond donors (Lipinski definition) is 2. The fourth-order valence-electron chi connectivity index (χ4n) is 3.04. The molecular formula is C17H26N2O. The fourth-order valence-corrected chi connectivity index (χ4v) is 3.04. The van der Waals surface area contributed by atoms with Gasteiger partial charge in [-0.05, 0) is 36.3 Å². The average molecular weight is 274 g/mol. The van der Waals surface area contributed by atoms with Gasteiger partial charge in [0, 0.05) is 18.2 Å². The summed E-state index contributed by atoms with van der Waals surface area (Å²) in [7, 11) is 0. The Morgan fingerprint density at radius 2 is 2.10 bits per heavy atom. The first-order valence-electron chi connectivity index (χ1n) is 7.62. The lowest BCUT2D eigenvalue weighted by Crippen LogP contribution is -2.46. The summed E-state index contributed by atoms with van der Waals surface area (Å²) >= 11 is 0. The van der Waals surface area contributed by atoms with Crippen LogP contribution < -0.4 is 11.1 Å². The van der Waals surface area contributed by atoms with Crippen LogP contribution in [0.1, 0.15) is 51.5 Å². The van der Waals surface area contributed by atoms with Gasteiger partial charge < -0.3 is 11.1 Å². The Bertz CT molecular complexity index is 468. The maximum atomic E-state index is 12.1. The van der Waals surface area contributed by atoms with Crippen molar-refractivity contribution in [3.63, 3.8) is 0 Å². The van der Waals surface area contributed by atoms with Crippen LogP contribution in [0.5, 0.6) is 0 Å². The minimum atomic E-state index is 0.147. The second-order valence-corrected chi connectivity index (χ2v) is 6.55. The number of benzene rings is 1. The highest BCUT2D eigenvalue weighted by Crippen LogP contribution is 2.35. The number of anilines is 1. The summed E-state index contributed by atoms with van der Waals surface area (Å²) in [6.07, 6.45) is 6.03. The summed E-state index contributed by atoms with van der Waals surface area (Å²) in [5, 5.41) is 3.22. The highest BCUT2D eigenvalue weighted by molar-refractivity contribution is 5.76. The summed E-state index contributed by atoms with van der Waals surface area (Å²) in [5.74, 6) is 0.147. The minimum Gasteiger partial charge on any atom is -0.399 e. The van der Waals surface area contributed by atoms with E-state index in [1.807, 2.05) is 24.3 Å². The van der Waals surface area contributed by atoms with E-state index in [0.29, 0.717) is 18.9 Å². The van der Waals surface area contributed by atoms with Gasteiger partial charge in [0.2, 0.25) is 5.91 Å². The van der Waals surface area contributed by atoms with Crippen molar-refractivity contribution in [3.05, 3.63) is 29.8 Å². The molecule has 0 heterocycles. The number of carbonyl (C=O) groups is 1. The number of amides is 1. The molecule has 3 heteroatoms. The molecule has 1 saturated carbocycles. The normalized spacial score (nSPS) is 21.4. The number of nitrogens with two attached hydrogens (primary N) is 1. The first-order valence-corrected chi connectivity index (χ1v) is 7.62. The summed E-state index contributed by atoms with van der Waals surface area (Å²) < 4.78 is 0. The predicted molar refractivity (Wildman–Crippen MR) is 83.4 cm³/mol. The second-order valence-electron chi connectivity index (χ2n) is 6.55. The van der Waals surface area contributed by atoms with Crippen LogP contribution in [0.15, 0.2) is 24.3 Å². The Kier molecular flexibility index (Phi) is 4.69. The average Bonchev–Trinajstić information content (AvgIpc) is 2.40. The predicted octanol–water partition coefficient (Wildman–Crippen LogP) is 3.29. The molecule has 1 unspecified atom stereocenters. The van der Waals surface area contributed by atoms with Crippen molar-refractivity contribution in [1.82, 2.24) is 5.32 Å². The van der Waals surface area contributed by atoms with Crippen molar-refractivity contribution in [3.8, 4) is 0 Å². The monoisotopic (exact) mass is 274 g/mol. The molecule has 1 aromatic rings. The Labute approximate surface area is 121 Å². The van der Waals surface area contributed by atoms with Crippen LogP contribution in [0, 0.1) is 5.41 Å². The maximum absolute atomic E-state index is 12.1. The van der Waals surface area contributed by atoms with Gasteiger partial charge >= 0.3 is 0 Å². The zero-order valence-electron chi connectivity index (χ0n) is 12.6. The quantitative estimate of drug-likeness (QED) is 0.828. The number of nitrogens with one attached hydrogen (secondary N) is 1. The molecule has 1 aliphatic rings. The van der Waals surface area contributed by atoms with E-state index < -0.39 is 0 Å². The molecule has 1 amide bonds. The van der Waals surface area contributed by atoms with E-state index in [-0.39, 0.29) is 11.3 Å². The van der Waals surface area contributed by atoms with Crippen LogP contribution in [-0.4, -0.2) is 11.9 Å². The van der Waals surface area contributed by atoms with Gasteiger partial charge in [0.25, 0.3) is 0 Å². The standard InChI is InChI=1S/C17H26N2O/c1-17(2)12-6-5-9-15(17)19-16(20)11-10-13-7-3-4-8-14(13)18/h3-4,7-8,15H,5-6,9-12,18H2,1-2H3,(H,19,20). The Hall–Kier alpha value is -1.51. The van der Waals surface area contributed by atoms with Gasteiger partial charge in [-0.25, -0.2) is 0 Å². The number of nitrogen functional groups attached to an aromatic ring is 1. The van der Waals surface area contributed by atoms with Crippen molar-refractivity contribution in [1.29, 1.82) is 0 Å². The highest BCUT2D eigenvalue weighted by atomic mass is 16.1. The molecule has 1 aromatic carbocycles. The summed E-state index contributed by atoms with van der Waals surface area (Å²) in [6.45, 7) is 4.51. The molecule has 0 spiro atoms. The number of hydrogen-bond acceptors (Lipinski definition) is 2. The zero-order valence-corrected chi connectivity index (χ0v) is 12.6. The van der Waals surface area contributed by atoms with E-state index in [1.165, 1.54) is 19.3 Å². The second kappa shape index (κ2) is 6.29. The highest BCUT2D eigenvalue weighted by Gasteiger charge is 2.32. The van der Waals surface area contributed by atoms with Gasteiger partial charge in [0.15, 0.2) is 0 Å². The molecule has 0 aromatic heterocycles. The molecule has 0 radical (unpaired) electrons. The SMILES string of the molecule is CC1(C)CCCCC1NC(=O)CCc1ccccc1N. The third-order valence-electron chi connectivity index (χ3n) is 4.52. The number of carbonyl (C=O) groups excluding carboxylic acids is 1.